The number of halogens is 1. The van der Waals surface area contributed by atoms with E-state index < -0.39 is 6.04 Å². The van der Waals surface area contributed by atoms with Crippen molar-refractivity contribution >= 4 is 35.2 Å². The van der Waals surface area contributed by atoms with E-state index in [9.17, 15) is 9.59 Å². The first-order chi connectivity index (χ1) is 13.4. The van der Waals surface area contributed by atoms with Gasteiger partial charge >= 0.3 is 0 Å². The zero-order chi connectivity index (χ0) is 20.5. The number of hydrogen-bond acceptors (Lipinski definition) is 3. The van der Waals surface area contributed by atoms with Gasteiger partial charge in [-0.2, -0.15) is 0 Å². The largest absolute Gasteiger partial charge is 0.355 e. The summed E-state index contributed by atoms with van der Waals surface area (Å²) < 4.78 is 0. The Balaban J connectivity index is 2.03. The predicted molar refractivity (Wildman–Crippen MR) is 117 cm³/mol. The van der Waals surface area contributed by atoms with Gasteiger partial charge in [0.15, 0.2) is 0 Å². The molecule has 28 heavy (non-hydrogen) atoms. The number of aryl methyl sites for hydroxylation is 1. The third-order valence-corrected chi connectivity index (χ3v) is 5.64. The molecule has 0 fully saturated rings. The fourth-order valence-corrected chi connectivity index (χ4v) is 3.71. The molecular weight excluding hydrogens is 392 g/mol. The normalized spacial score (nSPS) is 11.7. The standard InChI is InChI=1S/C22H27ClN2O2S/c1-4-24-22(27)17(3)25(13-18-7-5-16(2)6-8-18)21(26)15-28-14-19-9-11-20(23)12-10-19/h5-12,17H,4,13-15H2,1-3H3,(H,24,27)/t17-/m1/s1. The maximum atomic E-state index is 12.9. The SMILES string of the molecule is CCNC(=O)[C@@H](C)N(Cc1ccc(C)cc1)C(=O)CSCc1ccc(Cl)cc1. The summed E-state index contributed by atoms with van der Waals surface area (Å²) in [5.74, 6) is 0.860. The van der Waals surface area contributed by atoms with Crippen LogP contribution in [0.2, 0.25) is 5.02 Å². The Morgan fingerprint density at radius 2 is 1.68 bits per heavy atom. The molecule has 0 unspecified atom stereocenters. The van der Waals surface area contributed by atoms with Crippen LogP contribution in [0.5, 0.6) is 0 Å². The number of likely N-dealkylation sites (N-methyl/N-ethyl adjacent to an activating group) is 1. The number of carbonyl (C=O) groups excluding carboxylic acids is 2. The van der Waals surface area contributed by atoms with Crippen LogP contribution in [0.15, 0.2) is 48.5 Å². The van der Waals surface area contributed by atoms with Crippen LogP contribution in [-0.4, -0.2) is 35.1 Å². The van der Waals surface area contributed by atoms with Gasteiger partial charge in [-0.05, 0) is 44.0 Å². The van der Waals surface area contributed by atoms with Crippen molar-refractivity contribution in [3.8, 4) is 0 Å². The van der Waals surface area contributed by atoms with E-state index >= 15 is 0 Å². The molecule has 2 aromatic carbocycles. The molecule has 0 aliphatic rings. The fraction of sp³-hybridized carbons (Fsp3) is 0.364. The first-order valence-corrected chi connectivity index (χ1v) is 10.9. The van der Waals surface area contributed by atoms with Crippen LogP contribution in [0.4, 0.5) is 0 Å². The minimum Gasteiger partial charge on any atom is -0.355 e. The summed E-state index contributed by atoms with van der Waals surface area (Å²) >= 11 is 7.45. The van der Waals surface area contributed by atoms with E-state index in [2.05, 4.69) is 5.32 Å². The number of hydrogen-bond donors (Lipinski definition) is 1. The van der Waals surface area contributed by atoms with Gasteiger partial charge in [-0.15, -0.1) is 11.8 Å². The molecule has 0 saturated carbocycles. The van der Waals surface area contributed by atoms with Gasteiger partial charge < -0.3 is 10.2 Å². The third kappa shape index (κ3) is 6.88. The van der Waals surface area contributed by atoms with E-state index in [1.54, 1.807) is 11.8 Å². The molecule has 0 heterocycles. The molecule has 2 amide bonds. The highest BCUT2D eigenvalue weighted by Gasteiger charge is 2.25. The molecule has 0 bridgehead atoms. The average Bonchev–Trinajstić information content (AvgIpc) is 2.68. The van der Waals surface area contributed by atoms with Gasteiger partial charge in [0.05, 0.1) is 5.75 Å². The average molecular weight is 419 g/mol. The Morgan fingerprint density at radius 1 is 1.07 bits per heavy atom. The minimum atomic E-state index is -0.523. The van der Waals surface area contributed by atoms with Crippen molar-refractivity contribution in [1.29, 1.82) is 0 Å². The summed E-state index contributed by atoms with van der Waals surface area (Å²) in [7, 11) is 0. The summed E-state index contributed by atoms with van der Waals surface area (Å²) in [5.41, 5.74) is 3.29. The molecule has 2 aromatic rings. The highest BCUT2D eigenvalue weighted by Crippen LogP contribution is 2.18. The van der Waals surface area contributed by atoms with Gasteiger partial charge in [0, 0.05) is 23.9 Å². The highest BCUT2D eigenvalue weighted by atomic mass is 35.5. The highest BCUT2D eigenvalue weighted by molar-refractivity contribution is 7.99. The number of nitrogens with zero attached hydrogens (tertiary/aromatic N) is 1. The van der Waals surface area contributed by atoms with E-state index in [1.807, 2.05) is 62.4 Å². The first-order valence-electron chi connectivity index (χ1n) is 9.35. The Morgan fingerprint density at radius 3 is 2.29 bits per heavy atom. The van der Waals surface area contributed by atoms with Crippen LogP contribution in [0.1, 0.15) is 30.5 Å². The van der Waals surface area contributed by atoms with Gasteiger partial charge in [0.1, 0.15) is 6.04 Å². The van der Waals surface area contributed by atoms with Crippen LogP contribution in [0.25, 0.3) is 0 Å². The lowest BCUT2D eigenvalue weighted by atomic mass is 10.1. The lowest BCUT2D eigenvalue weighted by Crippen LogP contribution is -2.48. The van der Waals surface area contributed by atoms with Crippen LogP contribution in [0.3, 0.4) is 0 Å². The van der Waals surface area contributed by atoms with E-state index in [4.69, 9.17) is 11.6 Å². The minimum absolute atomic E-state index is 0.0432. The molecule has 0 radical (unpaired) electrons. The predicted octanol–water partition coefficient (Wildman–Crippen LogP) is 4.44. The van der Waals surface area contributed by atoms with Crippen molar-refractivity contribution in [3.63, 3.8) is 0 Å². The van der Waals surface area contributed by atoms with Gasteiger partial charge in [-0.3, -0.25) is 9.59 Å². The zero-order valence-electron chi connectivity index (χ0n) is 16.6. The smallest absolute Gasteiger partial charge is 0.242 e. The van der Waals surface area contributed by atoms with Crippen molar-refractivity contribution in [2.75, 3.05) is 12.3 Å². The Bertz CT molecular complexity index is 778. The molecule has 0 saturated heterocycles. The number of carbonyl (C=O) groups is 2. The summed E-state index contributed by atoms with van der Waals surface area (Å²) in [6, 6.07) is 15.1. The molecule has 0 spiro atoms. The quantitative estimate of drug-likeness (QED) is 0.655. The Labute approximate surface area is 176 Å². The van der Waals surface area contributed by atoms with Gasteiger partial charge in [0.2, 0.25) is 11.8 Å². The van der Waals surface area contributed by atoms with E-state index in [0.717, 1.165) is 22.4 Å². The second-order valence-electron chi connectivity index (χ2n) is 6.70. The fourth-order valence-electron chi connectivity index (χ4n) is 2.71. The van der Waals surface area contributed by atoms with Crippen LogP contribution < -0.4 is 5.32 Å². The third-order valence-electron chi connectivity index (χ3n) is 4.40. The van der Waals surface area contributed by atoms with Crippen molar-refractivity contribution < 1.29 is 9.59 Å². The molecule has 2 rings (SSSR count). The molecule has 4 nitrogen and oxygen atoms in total. The molecule has 0 aromatic heterocycles. The van der Waals surface area contributed by atoms with Gasteiger partial charge in [-0.1, -0.05) is 53.6 Å². The molecule has 150 valence electrons. The molecular formula is C22H27ClN2O2S. The maximum absolute atomic E-state index is 12.9. The van der Waals surface area contributed by atoms with E-state index in [1.165, 1.54) is 11.8 Å². The van der Waals surface area contributed by atoms with Crippen molar-refractivity contribution in [2.24, 2.45) is 0 Å². The molecule has 6 heteroatoms. The Kier molecular flexibility index (Phi) is 8.87. The monoisotopic (exact) mass is 418 g/mol. The number of benzene rings is 2. The topological polar surface area (TPSA) is 49.4 Å². The van der Waals surface area contributed by atoms with E-state index in [-0.39, 0.29) is 11.8 Å². The second-order valence-corrected chi connectivity index (χ2v) is 8.12. The lowest BCUT2D eigenvalue weighted by Gasteiger charge is -2.28. The lowest BCUT2D eigenvalue weighted by molar-refractivity contribution is -0.138. The van der Waals surface area contributed by atoms with Gasteiger partial charge in [0.25, 0.3) is 0 Å². The number of nitrogens with one attached hydrogen (secondary N) is 1. The summed E-state index contributed by atoms with van der Waals surface area (Å²) in [4.78, 5) is 26.9. The van der Waals surface area contributed by atoms with Crippen molar-refractivity contribution in [3.05, 3.63) is 70.2 Å². The van der Waals surface area contributed by atoms with Crippen LogP contribution in [0, 0.1) is 6.92 Å². The second kappa shape index (κ2) is 11.1. The van der Waals surface area contributed by atoms with Crippen LogP contribution >= 0.6 is 23.4 Å². The summed E-state index contributed by atoms with van der Waals surface area (Å²) in [6.07, 6.45) is 0. The van der Waals surface area contributed by atoms with E-state index in [0.29, 0.717) is 23.9 Å². The zero-order valence-corrected chi connectivity index (χ0v) is 18.1. The van der Waals surface area contributed by atoms with Crippen molar-refractivity contribution in [1.82, 2.24) is 10.2 Å². The number of amides is 2. The number of thioether (sulfide) groups is 1. The summed E-state index contributed by atoms with van der Waals surface area (Å²) in [6.45, 7) is 6.64. The molecule has 1 atom stereocenters. The van der Waals surface area contributed by atoms with Crippen LogP contribution in [-0.2, 0) is 21.9 Å². The maximum Gasteiger partial charge on any atom is 0.242 e. The molecule has 1 N–H and O–H groups in total. The molecule has 0 aliphatic carbocycles. The first kappa shape index (κ1) is 22.3. The number of rotatable bonds is 9. The Hall–Kier alpha value is -1.98. The summed E-state index contributed by atoms with van der Waals surface area (Å²) in [5, 5.41) is 3.51. The van der Waals surface area contributed by atoms with Gasteiger partial charge in [-0.25, -0.2) is 0 Å². The molecule has 0 aliphatic heterocycles. The van der Waals surface area contributed by atoms with Crippen molar-refractivity contribution in [2.45, 2.75) is 39.1 Å².